The highest BCUT2D eigenvalue weighted by Gasteiger charge is 2.10. The molecule has 0 unspecified atom stereocenters. The highest BCUT2D eigenvalue weighted by Crippen LogP contribution is 2.15. The molecule has 0 spiro atoms. The van der Waals surface area contributed by atoms with Gasteiger partial charge < -0.3 is 5.11 Å². The Kier molecular flexibility index (Phi) is 2.41. The van der Waals surface area contributed by atoms with Gasteiger partial charge in [-0.3, -0.25) is 10.2 Å². The Morgan fingerprint density at radius 1 is 1.42 bits per heavy atom. The predicted molar refractivity (Wildman–Crippen MR) is 42.9 cm³/mol. The molecule has 1 amide bonds. The maximum absolute atomic E-state index is 10.8. The Labute approximate surface area is 71.8 Å². The Morgan fingerprint density at radius 3 is 2.42 bits per heavy atom. The molecule has 64 valence electrons. The van der Waals surface area contributed by atoms with Crippen molar-refractivity contribution in [3.63, 3.8) is 0 Å². The van der Waals surface area contributed by atoms with Crippen LogP contribution < -0.4 is 11.3 Å². The van der Waals surface area contributed by atoms with Crippen molar-refractivity contribution >= 4 is 23.2 Å². The second-order valence-corrected chi connectivity index (χ2v) is 3.03. The summed E-state index contributed by atoms with van der Waals surface area (Å²) in [5, 5.41) is 8.50. The van der Waals surface area contributed by atoms with Crippen LogP contribution in [-0.4, -0.2) is 17.0 Å². The van der Waals surface area contributed by atoms with Gasteiger partial charge in [0.2, 0.25) is 0 Å². The van der Waals surface area contributed by atoms with E-state index in [1.807, 2.05) is 5.43 Å². The van der Waals surface area contributed by atoms with E-state index in [1.54, 1.807) is 0 Å². The number of nitrogen functional groups attached to an aromatic ring is 1. The quantitative estimate of drug-likeness (QED) is 0.345. The molecule has 4 N–H and O–H groups in total. The van der Waals surface area contributed by atoms with Crippen LogP contribution in [0.5, 0.6) is 0 Å². The number of carbonyl (C=O) groups excluding carboxylic acids is 1. The molecule has 5 nitrogen and oxygen atoms in total. The standard InChI is InChI=1S/C6H6N2O3S/c7-8-5(9)3-1-2-4(12-3)6(10)11/h1-2H,7H2,(H,8,9)(H,10,11). The van der Waals surface area contributed by atoms with Gasteiger partial charge in [-0.15, -0.1) is 11.3 Å². The zero-order chi connectivity index (χ0) is 9.14. The number of carboxylic acids is 1. The number of hydrogen-bond donors (Lipinski definition) is 3. The predicted octanol–water partition coefficient (Wildman–Crippen LogP) is 0.0498. The van der Waals surface area contributed by atoms with E-state index in [0.717, 1.165) is 11.3 Å². The van der Waals surface area contributed by atoms with E-state index in [4.69, 9.17) is 10.9 Å². The average molecular weight is 186 g/mol. The second-order valence-electron chi connectivity index (χ2n) is 1.94. The van der Waals surface area contributed by atoms with Gasteiger partial charge in [-0.25, -0.2) is 10.6 Å². The lowest BCUT2D eigenvalue weighted by Crippen LogP contribution is -2.29. The van der Waals surface area contributed by atoms with Crippen LogP contribution in [-0.2, 0) is 0 Å². The number of aromatic carboxylic acids is 1. The third-order valence-electron chi connectivity index (χ3n) is 1.17. The summed E-state index contributed by atoms with van der Waals surface area (Å²) in [5.74, 6) is 3.32. The molecule has 0 aliphatic carbocycles. The molecule has 0 aromatic carbocycles. The van der Waals surface area contributed by atoms with E-state index < -0.39 is 11.9 Å². The van der Waals surface area contributed by atoms with Crippen molar-refractivity contribution in [1.82, 2.24) is 5.43 Å². The molecule has 6 heteroatoms. The lowest BCUT2D eigenvalue weighted by Gasteiger charge is -1.91. The van der Waals surface area contributed by atoms with Crippen molar-refractivity contribution in [2.45, 2.75) is 0 Å². The van der Waals surface area contributed by atoms with Crippen LogP contribution in [0.25, 0.3) is 0 Å². The maximum Gasteiger partial charge on any atom is 0.345 e. The number of nitrogens with two attached hydrogens (primary N) is 1. The van der Waals surface area contributed by atoms with Crippen molar-refractivity contribution in [3.05, 3.63) is 21.9 Å². The maximum atomic E-state index is 10.8. The number of nitrogens with one attached hydrogen (secondary N) is 1. The highest BCUT2D eigenvalue weighted by molar-refractivity contribution is 7.15. The SMILES string of the molecule is NNC(=O)c1ccc(C(=O)O)s1. The molecule has 1 aromatic rings. The van der Waals surface area contributed by atoms with Gasteiger partial charge in [0.05, 0.1) is 4.88 Å². The normalized spacial score (nSPS) is 9.42. The molecule has 0 atom stereocenters. The van der Waals surface area contributed by atoms with E-state index >= 15 is 0 Å². The Morgan fingerprint density at radius 2 is 2.00 bits per heavy atom. The smallest absolute Gasteiger partial charge is 0.345 e. The first-order chi connectivity index (χ1) is 5.65. The fourth-order valence-corrected chi connectivity index (χ4v) is 1.39. The topological polar surface area (TPSA) is 92.4 Å². The molecule has 0 bridgehead atoms. The van der Waals surface area contributed by atoms with Crippen LogP contribution in [0.15, 0.2) is 12.1 Å². The van der Waals surface area contributed by atoms with Gasteiger partial charge in [0.1, 0.15) is 4.88 Å². The van der Waals surface area contributed by atoms with Crippen LogP contribution in [0.2, 0.25) is 0 Å². The zero-order valence-electron chi connectivity index (χ0n) is 5.90. The largest absolute Gasteiger partial charge is 0.477 e. The van der Waals surface area contributed by atoms with Crippen LogP contribution in [0.1, 0.15) is 19.3 Å². The summed E-state index contributed by atoms with van der Waals surface area (Å²) in [4.78, 5) is 21.6. The lowest BCUT2D eigenvalue weighted by atomic mass is 10.4. The van der Waals surface area contributed by atoms with Gasteiger partial charge in [0, 0.05) is 0 Å². The highest BCUT2D eigenvalue weighted by atomic mass is 32.1. The first kappa shape index (κ1) is 8.69. The van der Waals surface area contributed by atoms with Gasteiger partial charge >= 0.3 is 5.97 Å². The first-order valence-electron chi connectivity index (χ1n) is 2.99. The number of hydrazine groups is 1. The van der Waals surface area contributed by atoms with Crippen LogP contribution in [0.3, 0.4) is 0 Å². The molecular formula is C6H6N2O3S. The van der Waals surface area contributed by atoms with Gasteiger partial charge in [0.15, 0.2) is 0 Å². The van der Waals surface area contributed by atoms with E-state index in [-0.39, 0.29) is 9.75 Å². The lowest BCUT2D eigenvalue weighted by molar-refractivity contribution is 0.0702. The fraction of sp³-hybridized carbons (Fsp3) is 0. The Hall–Kier alpha value is -1.40. The summed E-state index contributed by atoms with van der Waals surface area (Å²) in [6, 6.07) is 2.77. The summed E-state index contributed by atoms with van der Waals surface area (Å²) in [5.41, 5.74) is 1.91. The zero-order valence-corrected chi connectivity index (χ0v) is 6.72. The molecule has 0 fully saturated rings. The Bertz CT molecular complexity index is 320. The van der Waals surface area contributed by atoms with Crippen LogP contribution >= 0.6 is 11.3 Å². The van der Waals surface area contributed by atoms with Crippen molar-refractivity contribution in [1.29, 1.82) is 0 Å². The van der Waals surface area contributed by atoms with E-state index in [1.165, 1.54) is 12.1 Å². The van der Waals surface area contributed by atoms with Crippen molar-refractivity contribution < 1.29 is 14.7 Å². The molecule has 12 heavy (non-hydrogen) atoms. The van der Waals surface area contributed by atoms with Crippen LogP contribution in [0, 0.1) is 0 Å². The minimum absolute atomic E-state index is 0.119. The molecule has 1 aromatic heterocycles. The summed E-state index contributed by atoms with van der Waals surface area (Å²) in [6.45, 7) is 0. The van der Waals surface area contributed by atoms with Gasteiger partial charge in [-0.05, 0) is 12.1 Å². The minimum atomic E-state index is -1.05. The van der Waals surface area contributed by atoms with Crippen molar-refractivity contribution in [3.8, 4) is 0 Å². The molecule has 0 aliphatic rings. The van der Waals surface area contributed by atoms with E-state index in [2.05, 4.69) is 0 Å². The summed E-state index contributed by atoms with van der Waals surface area (Å²) in [6.07, 6.45) is 0. The molecule has 0 radical (unpaired) electrons. The van der Waals surface area contributed by atoms with Gasteiger partial charge in [0.25, 0.3) is 5.91 Å². The Balaban J connectivity index is 2.91. The third kappa shape index (κ3) is 1.60. The number of carboxylic acid groups (broad SMARTS) is 1. The van der Waals surface area contributed by atoms with Gasteiger partial charge in [-0.2, -0.15) is 0 Å². The number of thiophene rings is 1. The van der Waals surface area contributed by atoms with Crippen molar-refractivity contribution in [2.75, 3.05) is 0 Å². The summed E-state index contributed by atoms with van der Waals surface area (Å²) in [7, 11) is 0. The number of carbonyl (C=O) groups is 2. The molecule has 0 saturated carbocycles. The molecule has 1 heterocycles. The summed E-state index contributed by atoms with van der Waals surface area (Å²) >= 11 is 0.882. The molecule has 1 rings (SSSR count). The average Bonchev–Trinajstić information content (AvgIpc) is 2.51. The van der Waals surface area contributed by atoms with E-state index in [0.29, 0.717) is 0 Å². The van der Waals surface area contributed by atoms with Crippen LogP contribution in [0.4, 0.5) is 0 Å². The summed E-state index contributed by atoms with van der Waals surface area (Å²) < 4.78 is 0. The molecular weight excluding hydrogens is 180 g/mol. The number of amides is 1. The van der Waals surface area contributed by atoms with Crippen molar-refractivity contribution in [2.24, 2.45) is 5.84 Å². The number of rotatable bonds is 2. The molecule has 0 saturated heterocycles. The first-order valence-corrected chi connectivity index (χ1v) is 3.81. The third-order valence-corrected chi connectivity index (χ3v) is 2.24. The van der Waals surface area contributed by atoms with E-state index in [9.17, 15) is 9.59 Å². The monoisotopic (exact) mass is 186 g/mol. The molecule has 0 aliphatic heterocycles. The van der Waals surface area contributed by atoms with Gasteiger partial charge in [-0.1, -0.05) is 0 Å². The minimum Gasteiger partial charge on any atom is -0.477 e. The number of hydrogen-bond acceptors (Lipinski definition) is 4. The fourth-order valence-electron chi connectivity index (χ4n) is 0.646. The second kappa shape index (κ2) is 3.33.